The van der Waals surface area contributed by atoms with E-state index in [0.29, 0.717) is 15.4 Å². The van der Waals surface area contributed by atoms with Gasteiger partial charge in [0.1, 0.15) is 0 Å². The zero-order valence-corrected chi connectivity index (χ0v) is 18.8. The number of fused-ring (bicyclic) bond motifs is 1. The smallest absolute Gasteiger partial charge is 0.207 e. The zero-order chi connectivity index (χ0) is 21.5. The van der Waals surface area contributed by atoms with Gasteiger partial charge in [-0.1, -0.05) is 47.5 Å². The maximum absolute atomic E-state index is 13.3. The average Bonchev–Trinajstić information content (AvgIpc) is 2.74. The normalized spacial score (nSPS) is 16.7. The van der Waals surface area contributed by atoms with Crippen molar-refractivity contribution in [2.24, 2.45) is 0 Å². The highest BCUT2D eigenvalue weighted by Crippen LogP contribution is 2.32. The molecule has 1 fully saturated rings. The van der Waals surface area contributed by atoms with Crippen molar-refractivity contribution < 1.29 is 16.8 Å². The van der Waals surface area contributed by atoms with Crippen LogP contribution < -0.4 is 0 Å². The molecule has 1 saturated heterocycles. The third-order valence-electron chi connectivity index (χ3n) is 5.08. The van der Waals surface area contributed by atoms with Crippen LogP contribution in [0.5, 0.6) is 0 Å². The van der Waals surface area contributed by atoms with E-state index in [-0.39, 0.29) is 36.0 Å². The van der Waals surface area contributed by atoms with E-state index in [4.69, 9.17) is 23.2 Å². The largest absolute Gasteiger partial charge is 0.243 e. The average molecular weight is 485 g/mol. The first-order valence-corrected chi connectivity index (χ1v) is 12.8. The molecule has 6 nitrogen and oxygen atoms in total. The van der Waals surface area contributed by atoms with E-state index >= 15 is 0 Å². The molecule has 158 valence electrons. The lowest BCUT2D eigenvalue weighted by Gasteiger charge is -2.33. The summed E-state index contributed by atoms with van der Waals surface area (Å²) < 4.78 is 54.9. The third kappa shape index (κ3) is 3.84. The van der Waals surface area contributed by atoms with Crippen molar-refractivity contribution in [3.63, 3.8) is 0 Å². The Kier molecular flexibility index (Phi) is 5.82. The quantitative estimate of drug-likeness (QED) is 0.563. The lowest BCUT2D eigenvalue weighted by Crippen LogP contribution is -2.50. The Balaban J connectivity index is 1.59. The molecule has 1 aliphatic heterocycles. The molecule has 3 aromatic rings. The molecule has 0 amide bonds. The van der Waals surface area contributed by atoms with E-state index in [9.17, 15) is 16.8 Å². The molecule has 0 radical (unpaired) electrons. The van der Waals surface area contributed by atoms with Crippen LogP contribution in [0.15, 0.2) is 70.5 Å². The van der Waals surface area contributed by atoms with Crippen LogP contribution in [0.1, 0.15) is 0 Å². The Morgan fingerprint density at radius 3 is 1.80 bits per heavy atom. The Labute approximate surface area is 185 Å². The predicted octanol–water partition coefficient (Wildman–Crippen LogP) is 3.84. The first-order chi connectivity index (χ1) is 14.2. The lowest BCUT2D eigenvalue weighted by atomic mass is 10.1. The van der Waals surface area contributed by atoms with Crippen LogP contribution in [0.3, 0.4) is 0 Å². The number of rotatable bonds is 4. The van der Waals surface area contributed by atoms with Crippen LogP contribution in [0.4, 0.5) is 0 Å². The van der Waals surface area contributed by atoms with Gasteiger partial charge in [-0.2, -0.15) is 8.61 Å². The summed E-state index contributed by atoms with van der Waals surface area (Å²) in [5, 5.41) is 2.00. The fourth-order valence-corrected chi connectivity index (χ4v) is 7.07. The maximum Gasteiger partial charge on any atom is 0.243 e. The minimum Gasteiger partial charge on any atom is -0.207 e. The van der Waals surface area contributed by atoms with Gasteiger partial charge in [0.05, 0.1) is 9.79 Å². The van der Waals surface area contributed by atoms with E-state index in [1.165, 1.54) is 38.9 Å². The Bertz CT molecular complexity index is 1300. The van der Waals surface area contributed by atoms with Crippen LogP contribution in [0, 0.1) is 0 Å². The van der Waals surface area contributed by atoms with E-state index in [1.54, 1.807) is 30.3 Å². The number of sulfonamides is 2. The van der Waals surface area contributed by atoms with Crippen molar-refractivity contribution in [1.29, 1.82) is 0 Å². The number of halogens is 2. The second-order valence-electron chi connectivity index (χ2n) is 6.86. The number of benzene rings is 3. The minimum atomic E-state index is -3.84. The number of hydrogen-bond acceptors (Lipinski definition) is 4. The van der Waals surface area contributed by atoms with E-state index in [0.717, 1.165) is 5.39 Å². The molecule has 0 N–H and O–H groups in total. The second-order valence-corrected chi connectivity index (χ2v) is 11.5. The molecule has 3 aromatic carbocycles. The maximum atomic E-state index is 13.3. The summed E-state index contributed by atoms with van der Waals surface area (Å²) in [5.74, 6) is 0. The summed E-state index contributed by atoms with van der Waals surface area (Å²) in [7, 11) is -7.56. The predicted molar refractivity (Wildman–Crippen MR) is 118 cm³/mol. The van der Waals surface area contributed by atoms with Gasteiger partial charge in [0.25, 0.3) is 0 Å². The number of hydrogen-bond donors (Lipinski definition) is 0. The summed E-state index contributed by atoms with van der Waals surface area (Å²) in [6.45, 7) is 0.220. The molecule has 0 saturated carbocycles. The molecule has 0 aliphatic carbocycles. The molecule has 0 bridgehead atoms. The van der Waals surface area contributed by atoms with E-state index in [2.05, 4.69) is 0 Å². The van der Waals surface area contributed by atoms with Crippen molar-refractivity contribution in [3.05, 3.63) is 70.7 Å². The highest BCUT2D eigenvalue weighted by molar-refractivity contribution is 7.89. The van der Waals surface area contributed by atoms with E-state index < -0.39 is 20.0 Å². The van der Waals surface area contributed by atoms with Gasteiger partial charge in [-0.15, -0.1) is 0 Å². The van der Waals surface area contributed by atoms with Gasteiger partial charge < -0.3 is 0 Å². The highest BCUT2D eigenvalue weighted by Gasteiger charge is 2.34. The van der Waals surface area contributed by atoms with Crippen LogP contribution in [0.2, 0.25) is 10.0 Å². The van der Waals surface area contributed by atoms with Crippen molar-refractivity contribution in [1.82, 2.24) is 8.61 Å². The van der Waals surface area contributed by atoms with Gasteiger partial charge in [0.2, 0.25) is 20.0 Å². The zero-order valence-electron chi connectivity index (χ0n) is 15.7. The van der Waals surface area contributed by atoms with Crippen molar-refractivity contribution in [3.8, 4) is 0 Å². The number of piperazine rings is 1. The molecule has 0 spiro atoms. The van der Waals surface area contributed by atoms with Crippen molar-refractivity contribution in [2.45, 2.75) is 9.79 Å². The fraction of sp³-hybridized carbons (Fsp3) is 0.200. The Morgan fingerprint density at radius 1 is 0.667 bits per heavy atom. The summed E-state index contributed by atoms with van der Waals surface area (Å²) in [6.07, 6.45) is 0. The molecular weight excluding hydrogens is 467 g/mol. The fourth-order valence-electron chi connectivity index (χ4n) is 3.52. The third-order valence-corrected chi connectivity index (χ3v) is 9.50. The van der Waals surface area contributed by atoms with E-state index in [1.807, 2.05) is 0 Å². The highest BCUT2D eigenvalue weighted by atomic mass is 35.5. The van der Waals surface area contributed by atoms with Gasteiger partial charge >= 0.3 is 0 Å². The van der Waals surface area contributed by atoms with Crippen LogP contribution in [-0.2, 0) is 20.0 Å². The second kappa shape index (κ2) is 8.11. The molecule has 4 rings (SSSR count). The monoisotopic (exact) mass is 484 g/mol. The van der Waals surface area contributed by atoms with Crippen molar-refractivity contribution in [2.75, 3.05) is 26.2 Å². The van der Waals surface area contributed by atoms with Gasteiger partial charge in [-0.25, -0.2) is 16.8 Å². The summed E-state index contributed by atoms with van der Waals surface area (Å²) in [5.41, 5.74) is 0. The Hall–Kier alpha value is -1.68. The molecule has 30 heavy (non-hydrogen) atoms. The molecular formula is C20H18Cl2N2O4S2. The number of nitrogens with zero attached hydrogens (tertiary/aromatic N) is 2. The molecule has 1 aliphatic rings. The SMILES string of the molecule is O=S(=O)(c1ccc(Cl)cc1)N1CCN(S(=O)(=O)c2cccc3cccc(Cl)c23)CC1. The minimum absolute atomic E-state index is 0.0516. The standard InChI is InChI=1S/C20H18Cl2N2O4S2/c21-16-7-9-17(10-8-16)29(25,26)23-11-13-24(14-12-23)30(27,28)19-6-2-4-15-3-1-5-18(22)20(15)19/h1-10H,11-14H2. The van der Waals surface area contributed by atoms with Crippen LogP contribution in [0.25, 0.3) is 10.8 Å². The molecule has 0 aromatic heterocycles. The van der Waals surface area contributed by atoms with Gasteiger partial charge in [-0.3, -0.25) is 0 Å². The van der Waals surface area contributed by atoms with Crippen molar-refractivity contribution >= 4 is 54.0 Å². The topological polar surface area (TPSA) is 74.8 Å². The summed E-state index contributed by atoms with van der Waals surface area (Å²) in [6, 6.07) is 16.1. The van der Waals surface area contributed by atoms with Crippen LogP contribution in [-0.4, -0.2) is 51.6 Å². The van der Waals surface area contributed by atoms with Gasteiger partial charge in [0.15, 0.2) is 0 Å². The van der Waals surface area contributed by atoms with Gasteiger partial charge in [-0.05, 0) is 41.8 Å². The van der Waals surface area contributed by atoms with Crippen LogP contribution >= 0.6 is 23.2 Å². The molecule has 0 atom stereocenters. The first-order valence-electron chi connectivity index (χ1n) is 9.14. The molecule has 1 heterocycles. The lowest BCUT2D eigenvalue weighted by molar-refractivity contribution is 0.273. The first kappa shape index (κ1) is 21.5. The summed E-state index contributed by atoms with van der Waals surface area (Å²) in [4.78, 5) is 0.253. The molecule has 0 unspecified atom stereocenters. The Morgan fingerprint density at radius 2 is 1.20 bits per heavy atom. The molecule has 10 heteroatoms. The summed E-state index contributed by atoms with van der Waals surface area (Å²) >= 11 is 12.1. The van der Waals surface area contributed by atoms with Gasteiger partial charge in [0, 0.05) is 41.6 Å².